The molecule has 1 N–H and O–H groups in total. The van der Waals surface area contributed by atoms with Crippen molar-refractivity contribution >= 4 is 27.5 Å². The molecule has 0 radical (unpaired) electrons. The summed E-state index contributed by atoms with van der Waals surface area (Å²) in [6, 6.07) is 9.91. The molecule has 2 rings (SSSR count). The number of ketones is 1. The Morgan fingerprint density at radius 1 is 1.08 bits per heavy atom. The molecule has 0 unspecified atom stereocenters. The number of hydrogen-bond acceptors (Lipinski definition) is 2. The lowest BCUT2D eigenvalue weighted by Gasteiger charge is -2.25. The van der Waals surface area contributed by atoms with Gasteiger partial charge >= 0.3 is 6.18 Å². The van der Waals surface area contributed by atoms with Crippen LogP contribution in [0.5, 0.6) is 0 Å². The number of nitrogens with one attached hydrogen (secondary N) is 1. The summed E-state index contributed by atoms with van der Waals surface area (Å²) >= 11 is 0. The van der Waals surface area contributed by atoms with E-state index in [1.165, 1.54) is 6.07 Å². The molecule has 2 atom stereocenters. The van der Waals surface area contributed by atoms with E-state index in [1.54, 1.807) is 45.0 Å². The van der Waals surface area contributed by atoms with Gasteiger partial charge in [-0.15, -0.1) is 0 Å². The summed E-state index contributed by atoms with van der Waals surface area (Å²) in [4.78, 5) is 12.3. The molecule has 136 valence electrons. The molecule has 0 saturated heterocycles. The van der Waals surface area contributed by atoms with Crippen LogP contribution >= 0.6 is 0 Å². The van der Waals surface area contributed by atoms with Crippen LogP contribution in [0.15, 0.2) is 42.5 Å². The van der Waals surface area contributed by atoms with E-state index in [2.05, 4.69) is 4.72 Å². The van der Waals surface area contributed by atoms with Crippen molar-refractivity contribution in [1.29, 1.82) is 0 Å². The van der Waals surface area contributed by atoms with Crippen molar-refractivity contribution in [2.24, 2.45) is 0 Å². The highest BCUT2D eigenvalue weighted by atomic mass is 32.2. The number of rotatable bonds is 5. The molecule has 0 heterocycles. The van der Waals surface area contributed by atoms with E-state index in [0.717, 1.165) is 10.8 Å². The van der Waals surface area contributed by atoms with Crippen molar-refractivity contribution in [2.45, 2.75) is 44.2 Å². The molecular weight excluding hydrogens is 351 g/mol. The quantitative estimate of drug-likeness (QED) is 0.792. The Bertz CT molecular complexity index is 797. The average Bonchev–Trinajstić information content (AvgIpc) is 2.51. The van der Waals surface area contributed by atoms with Gasteiger partial charge < -0.3 is 0 Å². The van der Waals surface area contributed by atoms with Gasteiger partial charge in [-0.1, -0.05) is 36.4 Å². The smallest absolute Gasteiger partial charge is 0.294 e. The number of carbonyl (C=O) groups is 1. The fourth-order valence-electron chi connectivity index (χ4n) is 2.20. The maximum Gasteiger partial charge on any atom is 0.405 e. The first-order valence-corrected chi connectivity index (χ1v) is 8.90. The third-order valence-corrected chi connectivity index (χ3v) is 5.27. The second-order valence-corrected chi connectivity index (χ2v) is 8.78. The Kier molecular flexibility index (Phi) is 5.68. The molecule has 0 saturated carbocycles. The third-order valence-electron chi connectivity index (χ3n) is 3.66. The molecule has 0 fully saturated rings. The molecule has 2 aromatic rings. The van der Waals surface area contributed by atoms with Gasteiger partial charge in [0, 0.05) is 12.0 Å². The van der Waals surface area contributed by atoms with Gasteiger partial charge in [-0.05, 0) is 37.6 Å². The minimum Gasteiger partial charge on any atom is -0.294 e. The van der Waals surface area contributed by atoms with Crippen LogP contribution in [0.2, 0.25) is 0 Å². The lowest BCUT2D eigenvalue weighted by molar-refractivity contribution is -0.150. The Hall–Kier alpha value is -1.73. The Labute approximate surface area is 147 Å². The molecule has 0 aromatic heterocycles. The molecule has 0 aliphatic heterocycles. The van der Waals surface area contributed by atoms with Crippen LogP contribution in [0.1, 0.15) is 37.6 Å². The van der Waals surface area contributed by atoms with Gasteiger partial charge in [-0.2, -0.15) is 13.2 Å². The second-order valence-electron chi connectivity index (χ2n) is 6.78. The number of hydrogen-bond donors (Lipinski definition) is 1. The third kappa shape index (κ3) is 5.12. The van der Waals surface area contributed by atoms with Crippen LogP contribution in [0.25, 0.3) is 10.8 Å². The van der Waals surface area contributed by atoms with Crippen molar-refractivity contribution in [2.75, 3.05) is 0 Å². The normalized spacial score (nSPS) is 15.1. The summed E-state index contributed by atoms with van der Waals surface area (Å²) in [6.45, 7) is 4.69. The highest BCUT2D eigenvalue weighted by Gasteiger charge is 2.43. The molecule has 0 amide bonds. The topological polar surface area (TPSA) is 46.2 Å². The first-order chi connectivity index (χ1) is 11.5. The molecule has 0 bridgehead atoms. The van der Waals surface area contributed by atoms with Crippen LogP contribution in [-0.2, 0) is 11.0 Å². The summed E-state index contributed by atoms with van der Waals surface area (Å²) in [6.07, 6.45) is -5.48. The van der Waals surface area contributed by atoms with Crippen molar-refractivity contribution in [3.8, 4) is 0 Å². The number of halogens is 3. The van der Waals surface area contributed by atoms with Crippen LogP contribution in [0.3, 0.4) is 0 Å². The van der Waals surface area contributed by atoms with Crippen molar-refractivity contribution in [3.05, 3.63) is 48.0 Å². The minimum atomic E-state index is -4.67. The maximum absolute atomic E-state index is 13.2. The van der Waals surface area contributed by atoms with Crippen molar-refractivity contribution < 1.29 is 22.2 Å². The van der Waals surface area contributed by atoms with Crippen molar-refractivity contribution in [3.63, 3.8) is 0 Å². The summed E-state index contributed by atoms with van der Waals surface area (Å²) in [5.41, 5.74) is 0.205. The summed E-state index contributed by atoms with van der Waals surface area (Å²) in [7, 11) is -1.93. The van der Waals surface area contributed by atoms with Gasteiger partial charge in [0.1, 0.15) is 6.04 Å². The van der Waals surface area contributed by atoms with E-state index < -0.39 is 40.2 Å². The van der Waals surface area contributed by atoms with E-state index in [9.17, 15) is 22.2 Å². The number of fused-ring (bicyclic) bond motifs is 1. The lowest BCUT2D eigenvalue weighted by atomic mass is 10.0. The molecule has 7 heteroatoms. The van der Waals surface area contributed by atoms with E-state index in [1.807, 2.05) is 12.1 Å². The fourth-order valence-corrected chi connectivity index (χ4v) is 3.03. The molecule has 0 aliphatic carbocycles. The monoisotopic (exact) mass is 371 g/mol. The summed E-state index contributed by atoms with van der Waals surface area (Å²) < 4.78 is 52.9. The second kappa shape index (κ2) is 7.25. The van der Waals surface area contributed by atoms with Gasteiger partial charge in [0.15, 0.2) is 5.78 Å². The molecule has 0 aliphatic rings. The zero-order chi connectivity index (χ0) is 18.8. The number of carbonyl (C=O) groups excluding carboxylic acids is 1. The van der Waals surface area contributed by atoms with Gasteiger partial charge in [0.2, 0.25) is 0 Å². The number of Topliss-reactive ketones (excluding diaryl/α,β-unsaturated/α-hetero) is 1. The standard InChI is InChI=1S/C18H20F3NO2S/c1-17(2,3)25(24)22-16(18(19,20)21)11-15(23)14-9-8-12-6-4-5-7-13(12)10-14/h4-10,16,22H,11H2,1-3H3/t16-,25-/m0/s1. The minimum absolute atomic E-state index is 0.205. The molecule has 0 spiro atoms. The van der Waals surface area contributed by atoms with Crippen LogP contribution in [-0.4, -0.2) is 27.0 Å². The predicted molar refractivity (Wildman–Crippen MR) is 93.8 cm³/mol. The highest BCUT2D eigenvalue weighted by Crippen LogP contribution is 2.26. The Morgan fingerprint density at radius 2 is 1.68 bits per heavy atom. The maximum atomic E-state index is 13.2. The molecule has 25 heavy (non-hydrogen) atoms. The van der Waals surface area contributed by atoms with E-state index in [-0.39, 0.29) is 5.56 Å². The van der Waals surface area contributed by atoms with Crippen LogP contribution < -0.4 is 4.72 Å². The highest BCUT2D eigenvalue weighted by molar-refractivity contribution is 7.84. The lowest BCUT2D eigenvalue weighted by Crippen LogP contribution is -2.48. The van der Waals surface area contributed by atoms with Gasteiger partial charge in [-0.25, -0.2) is 8.93 Å². The summed E-state index contributed by atoms with van der Waals surface area (Å²) in [5.74, 6) is -0.647. The number of benzene rings is 2. The zero-order valence-electron chi connectivity index (χ0n) is 14.2. The van der Waals surface area contributed by atoms with Gasteiger partial charge in [0.25, 0.3) is 0 Å². The average molecular weight is 371 g/mol. The molecular formula is C18H20F3NO2S. The number of alkyl halides is 3. The Morgan fingerprint density at radius 3 is 2.24 bits per heavy atom. The molecule has 3 nitrogen and oxygen atoms in total. The van der Waals surface area contributed by atoms with Gasteiger partial charge in [0.05, 0.1) is 15.7 Å². The van der Waals surface area contributed by atoms with E-state index in [0.29, 0.717) is 0 Å². The Balaban J connectivity index is 2.22. The zero-order valence-corrected chi connectivity index (χ0v) is 15.0. The van der Waals surface area contributed by atoms with Crippen LogP contribution in [0, 0.1) is 0 Å². The van der Waals surface area contributed by atoms with Crippen LogP contribution in [0.4, 0.5) is 13.2 Å². The first kappa shape index (κ1) is 19.6. The van der Waals surface area contributed by atoms with E-state index >= 15 is 0 Å². The molecule has 2 aromatic carbocycles. The predicted octanol–water partition coefficient (Wildman–Crippen LogP) is 4.40. The fraction of sp³-hybridized carbons (Fsp3) is 0.389. The SMILES string of the molecule is CC(C)(C)[S@](=O)N[C@@H](CC(=O)c1ccc2ccccc2c1)C(F)(F)F. The van der Waals surface area contributed by atoms with Crippen molar-refractivity contribution in [1.82, 2.24) is 4.72 Å². The van der Waals surface area contributed by atoms with Gasteiger partial charge in [-0.3, -0.25) is 4.79 Å². The van der Waals surface area contributed by atoms with E-state index in [4.69, 9.17) is 0 Å². The largest absolute Gasteiger partial charge is 0.405 e. The summed E-state index contributed by atoms with van der Waals surface area (Å²) in [5, 5.41) is 1.68. The first-order valence-electron chi connectivity index (χ1n) is 7.75.